The Morgan fingerprint density at radius 3 is 2.61 bits per heavy atom. The van der Waals surface area contributed by atoms with Gasteiger partial charge in [-0.05, 0) is 42.8 Å². The van der Waals surface area contributed by atoms with Gasteiger partial charge in [-0.2, -0.15) is 0 Å². The van der Waals surface area contributed by atoms with Crippen LogP contribution in [0, 0.1) is 5.41 Å². The van der Waals surface area contributed by atoms with Crippen molar-refractivity contribution < 1.29 is 0 Å². The Hall–Kier alpha value is -1.90. The van der Waals surface area contributed by atoms with Gasteiger partial charge in [0.05, 0.1) is 11.9 Å². The SMILES string of the molecule is C=N/C(=C\C(=C/C)C(C)(C)C)Nc1cccnc1. The van der Waals surface area contributed by atoms with Crippen LogP contribution in [0.5, 0.6) is 0 Å². The first-order chi connectivity index (χ1) is 8.47. The molecule has 0 bridgehead atoms. The number of hydrogen-bond donors (Lipinski definition) is 1. The first kappa shape index (κ1) is 14.2. The van der Waals surface area contributed by atoms with Crippen molar-refractivity contribution in [2.75, 3.05) is 5.32 Å². The number of aliphatic imine (C=N–C) groups is 1. The fourth-order valence-electron chi connectivity index (χ4n) is 1.59. The molecule has 18 heavy (non-hydrogen) atoms. The van der Waals surface area contributed by atoms with E-state index in [2.05, 4.69) is 48.9 Å². The lowest BCUT2D eigenvalue weighted by molar-refractivity contribution is 0.515. The topological polar surface area (TPSA) is 37.3 Å². The van der Waals surface area contributed by atoms with Crippen LogP contribution in [0.2, 0.25) is 0 Å². The third kappa shape index (κ3) is 4.17. The third-order valence-corrected chi connectivity index (χ3v) is 2.57. The van der Waals surface area contributed by atoms with E-state index in [1.54, 1.807) is 12.4 Å². The summed E-state index contributed by atoms with van der Waals surface area (Å²) < 4.78 is 0. The second-order valence-electron chi connectivity index (χ2n) is 5.05. The van der Waals surface area contributed by atoms with Crippen molar-refractivity contribution in [3.63, 3.8) is 0 Å². The zero-order valence-corrected chi connectivity index (χ0v) is 11.6. The van der Waals surface area contributed by atoms with Crippen LogP contribution >= 0.6 is 0 Å². The summed E-state index contributed by atoms with van der Waals surface area (Å²) >= 11 is 0. The van der Waals surface area contributed by atoms with Gasteiger partial charge in [0.15, 0.2) is 0 Å². The summed E-state index contributed by atoms with van der Waals surface area (Å²) in [7, 11) is 0. The molecule has 0 saturated carbocycles. The maximum Gasteiger partial charge on any atom is 0.129 e. The number of pyridine rings is 1. The van der Waals surface area contributed by atoms with Gasteiger partial charge < -0.3 is 5.32 Å². The molecule has 0 unspecified atom stereocenters. The van der Waals surface area contributed by atoms with Crippen molar-refractivity contribution in [2.24, 2.45) is 10.4 Å². The van der Waals surface area contributed by atoms with Gasteiger partial charge in [-0.15, -0.1) is 0 Å². The lowest BCUT2D eigenvalue weighted by atomic mass is 9.86. The van der Waals surface area contributed by atoms with Gasteiger partial charge in [-0.3, -0.25) is 4.98 Å². The molecule has 96 valence electrons. The highest BCUT2D eigenvalue weighted by Gasteiger charge is 2.14. The molecule has 1 aromatic heterocycles. The van der Waals surface area contributed by atoms with Crippen molar-refractivity contribution >= 4 is 12.4 Å². The molecular weight excluding hydrogens is 222 g/mol. The second kappa shape index (κ2) is 6.15. The molecule has 0 radical (unpaired) electrons. The fourth-order valence-corrected chi connectivity index (χ4v) is 1.59. The lowest BCUT2D eigenvalue weighted by Gasteiger charge is -2.20. The summed E-state index contributed by atoms with van der Waals surface area (Å²) in [6.07, 6.45) is 7.60. The molecule has 0 amide bonds. The minimum atomic E-state index is 0.0846. The van der Waals surface area contributed by atoms with E-state index >= 15 is 0 Å². The Kier molecular flexibility index (Phi) is 4.84. The summed E-state index contributed by atoms with van der Waals surface area (Å²) in [5.74, 6) is 0.728. The number of aromatic nitrogens is 1. The first-order valence-electron chi connectivity index (χ1n) is 5.99. The normalized spacial score (nSPS) is 13.3. The van der Waals surface area contributed by atoms with Crippen LogP contribution in [0.15, 0.2) is 53.1 Å². The van der Waals surface area contributed by atoms with E-state index in [4.69, 9.17) is 0 Å². The molecule has 3 heteroatoms. The second-order valence-corrected chi connectivity index (χ2v) is 5.05. The summed E-state index contributed by atoms with van der Waals surface area (Å²) in [5.41, 5.74) is 2.20. The molecule has 0 aromatic carbocycles. The molecule has 0 fully saturated rings. The average Bonchev–Trinajstić information content (AvgIpc) is 2.34. The van der Waals surface area contributed by atoms with E-state index in [9.17, 15) is 0 Å². The van der Waals surface area contributed by atoms with E-state index < -0.39 is 0 Å². The molecule has 1 heterocycles. The van der Waals surface area contributed by atoms with Crippen molar-refractivity contribution in [1.29, 1.82) is 0 Å². The van der Waals surface area contributed by atoms with Gasteiger partial charge in [0.25, 0.3) is 0 Å². The van der Waals surface area contributed by atoms with Crippen LogP contribution in [-0.4, -0.2) is 11.7 Å². The van der Waals surface area contributed by atoms with Crippen LogP contribution < -0.4 is 5.32 Å². The minimum Gasteiger partial charge on any atom is -0.339 e. The fraction of sp³-hybridized carbons (Fsp3) is 0.333. The molecule has 0 aliphatic rings. The predicted octanol–water partition coefficient (Wildman–Crippen LogP) is 4.03. The van der Waals surface area contributed by atoms with Crippen LogP contribution in [0.4, 0.5) is 5.69 Å². The molecule has 1 aromatic rings. The molecule has 3 nitrogen and oxygen atoms in total. The maximum absolute atomic E-state index is 4.05. The van der Waals surface area contributed by atoms with Crippen molar-refractivity contribution in [2.45, 2.75) is 27.7 Å². The van der Waals surface area contributed by atoms with Crippen LogP contribution in [0.3, 0.4) is 0 Å². The van der Waals surface area contributed by atoms with Gasteiger partial charge in [-0.25, -0.2) is 4.99 Å². The van der Waals surface area contributed by atoms with Crippen LogP contribution in [-0.2, 0) is 0 Å². The Morgan fingerprint density at radius 1 is 1.44 bits per heavy atom. The van der Waals surface area contributed by atoms with Gasteiger partial charge >= 0.3 is 0 Å². The molecule has 0 atom stereocenters. The van der Waals surface area contributed by atoms with Crippen LogP contribution in [0.1, 0.15) is 27.7 Å². The number of nitrogens with zero attached hydrogens (tertiary/aromatic N) is 2. The minimum absolute atomic E-state index is 0.0846. The molecule has 0 aliphatic carbocycles. The zero-order valence-electron chi connectivity index (χ0n) is 11.6. The van der Waals surface area contributed by atoms with Gasteiger partial charge in [0, 0.05) is 6.20 Å². The Morgan fingerprint density at radius 2 is 2.17 bits per heavy atom. The number of allylic oxidation sites excluding steroid dienone is 3. The number of nitrogens with one attached hydrogen (secondary N) is 1. The number of rotatable bonds is 4. The smallest absolute Gasteiger partial charge is 0.129 e. The molecular formula is C15H21N3. The van der Waals surface area contributed by atoms with E-state index in [0.29, 0.717) is 0 Å². The van der Waals surface area contributed by atoms with E-state index in [0.717, 1.165) is 11.5 Å². The highest BCUT2D eigenvalue weighted by Crippen LogP contribution is 2.27. The molecule has 0 spiro atoms. The Balaban J connectivity index is 2.94. The van der Waals surface area contributed by atoms with Gasteiger partial charge in [-0.1, -0.05) is 26.8 Å². The number of hydrogen-bond acceptors (Lipinski definition) is 3. The summed E-state index contributed by atoms with van der Waals surface area (Å²) in [6, 6.07) is 3.82. The van der Waals surface area contributed by atoms with Gasteiger partial charge in [0.2, 0.25) is 0 Å². The van der Waals surface area contributed by atoms with E-state index in [1.807, 2.05) is 25.1 Å². The lowest BCUT2D eigenvalue weighted by Crippen LogP contribution is -2.09. The Bertz CT molecular complexity index is 450. The Labute approximate surface area is 109 Å². The van der Waals surface area contributed by atoms with Crippen molar-refractivity contribution in [3.05, 3.63) is 48.1 Å². The number of anilines is 1. The van der Waals surface area contributed by atoms with E-state index in [1.165, 1.54) is 5.57 Å². The maximum atomic E-state index is 4.05. The van der Waals surface area contributed by atoms with E-state index in [-0.39, 0.29) is 5.41 Å². The zero-order chi connectivity index (χ0) is 13.6. The third-order valence-electron chi connectivity index (χ3n) is 2.57. The van der Waals surface area contributed by atoms with Crippen molar-refractivity contribution in [1.82, 2.24) is 4.98 Å². The largest absolute Gasteiger partial charge is 0.339 e. The predicted molar refractivity (Wildman–Crippen MR) is 78.7 cm³/mol. The molecule has 1 rings (SSSR count). The molecule has 0 saturated heterocycles. The van der Waals surface area contributed by atoms with Gasteiger partial charge in [0.1, 0.15) is 5.82 Å². The highest BCUT2D eigenvalue weighted by molar-refractivity contribution is 5.49. The summed E-state index contributed by atoms with van der Waals surface area (Å²) in [6.45, 7) is 12.1. The first-order valence-corrected chi connectivity index (χ1v) is 5.99. The monoisotopic (exact) mass is 243 g/mol. The summed E-state index contributed by atoms with van der Waals surface area (Å²) in [4.78, 5) is 8.07. The highest BCUT2D eigenvalue weighted by atomic mass is 15.0. The summed E-state index contributed by atoms with van der Waals surface area (Å²) in [5, 5.41) is 3.19. The quantitative estimate of drug-likeness (QED) is 0.640. The average molecular weight is 243 g/mol. The van der Waals surface area contributed by atoms with Crippen LogP contribution in [0.25, 0.3) is 0 Å². The molecule has 1 N–H and O–H groups in total. The molecule has 0 aliphatic heterocycles. The standard InChI is InChI=1S/C15H21N3/c1-6-12(15(2,3)4)10-14(16-5)18-13-8-7-9-17-11-13/h6-11,18H,5H2,1-4H3/b12-6+,14-10+. The van der Waals surface area contributed by atoms with Crippen molar-refractivity contribution in [3.8, 4) is 0 Å².